The quantitative estimate of drug-likeness (QED) is 0.247. The van der Waals surface area contributed by atoms with Gasteiger partial charge in [-0.15, -0.1) is 16.4 Å². The molecule has 2 heterocycles. The summed E-state index contributed by atoms with van der Waals surface area (Å²) in [4.78, 5) is 17.3. The van der Waals surface area contributed by atoms with E-state index in [0.717, 1.165) is 0 Å². The van der Waals surface area contributed by atoms with Gasteiger partial charge in [-0.05, 0) is 34.5 Å². The monoisotopic (exact) mass is 546 g/mol. The number of aromatic amines is 1. The lowest BCUT2D eigenvalue weighted by molar-refractivity contribution is 0.0595. The van der Waals surface area contributed by atoms with Gasteiger partial charge in [0, 0.05) is 15.4 Å². The van der Waals surface area contributed by atoms with E-state index >= 15 is 0 Å². The molecule has 0 saturated heterocycles. The van der Waals surface area contributed by atoms with Gasteiger partial charge in [-0.25, -0.2) is 13.6 Å². The molecule has 0 aliphatic rings. The first kappa shape index (κ1) is 23.2. The topological polar surface area (TPSA) is 168 Å². The predicted molar refractivity (Wildman–Crippen MR) is 109 cm³/mol. The highest BCUT2D eigenvalue weighted by molar-refractivity contribution is 9.10. The number of alkyl halides is 2. The van der Waals surface area contributed by atoms with Crippen LogP contribution < -0.4 is 9.88 Å². The summed E-state index contributed by atoms with van der Waals surface area (Å²) in [5, 5.41) is 15.0. The van der Waals surface area contributed by atoms with Crippen molar-refractivity contribution in [2.45, 2.75) is 12.1 Å². The summed E-state index contributed by atoms with van der Waals surface area (Å²) in [6.07, 6.45) is 1.44. The number of nitrogens with one attached hydrogen (secondary N) is 1. The first-order valence-electron chi connectivity index (χ1n) is 8.01. The average molecular weight is 547 g/mol. The first-order valence-corrected chi connectivity index (χ1v) is 12.9. The van der Waals surface area contributed by atoms with Crippen LogP contribution in [-0.2, 0) is 20.3 Å². The molecule has 3 rings (SSSR count). The van der Waals surface area contributed by atoms with Gasteiger partial charge in [0.05, 0.1) is 29.0 Å². The number of benzene rings is 1. The molecule has 1 aromatic carbocycles. The van der Waals surface area contributed by atoms with E-state index in [1.807, 2.05) is 0 Å². The third-order valence-corrected chi connectivity index (χ3v) is 8.23. The highest BCUT2D eigenvalue weighted by Gasteiger charge is 2.53. The normalized spacial score (nSPS) is 13.1. The van der Waals surface area contributed by atoms with E-state index in [4.69, 9.17) is 19.7 Å². The van der Waals surface area contributed by atoms with Crippen molar-refractivity contribution < 1.29 is 36.3 Å². The number of sulfonamides is 1. The maximum Gasteiger partial charge on any atom is 0.400 e. The molecule has 164 valence electrons. The zero-order valence-corrected chi connectivity index (χ0v) is 18.9. The van der Waals surface area contributed by atoms with Crippen molar-refractivity contribution in [3.8, 4) is 17.0 Å². The molecule has 0 spiro atoms. The van der Waals surface area contributed by atoms with Crippen molar-refractivity contribution in [2.24, 2.45) is 5.14 Å². The van der Waals surface area contributed by atoms with Crippen LogP contribution in [0.25, 0.3) is 21.3 Å². The van der Waals surface area contributed by atoms with Crippen LogP contribution in [0.2, 0.25) is 0 Å². The minimum Gasteiger partial charge on any atom is -0.492 e. The van der Waals surface area contributed by atoms with Gasteiger partial charge in [-0.1, -0.05) is 5.21 Å². The summed E-state index contributed by atoms with van der Waals surface area (Å²) in [7, 11) is -9.49. The Morgan fingerprint density at radius 3 is 2.63 bits per heavy atom. The Bertz CT molecular complexity index is 1230. The number of hydrogen-bond donors (Lipinski definition) is 4. The molecule has 10 nitrogen and oxygen atoms in total. The fraction of sp³-hybridized carbons (Fsp3) is 0.286. The maximum atomic E-state index is 14.4. The zero-order valence-electron chi connectivity index (χ0n) is 14.8. The van der Waals surface area contributed by atoms with Crippen molar-refractivity contribution in [3.63, 3.8) is 0 Å². The Hall–Kier alpha value is -1.48. The Labute approximate surface area is 180 Å². The van der Waals surface area contributed by atoms with Crippen molar-refractivity contribution >= 4 is 55.0 Å². The Morgan fingerprint density at radius 1 is 1.37 bits per heavy atom. The van der Waals surface area contributed by atoms with Crippen LogP contribution in [0.15, 0.2) is 22.8 Å². The number of primary sulfonamides is 1. The third kappa shape index (κ3) is 4.72. The SMILES string of the molecule is NS(=O)(=O)CCCOc1cc(-c2cnn[nH]2)cc2c(Br)c(C(F)(F)P(=O)(O)O)sc12. The van der Waals surface area contributed by atoms with Crippen molar-refractivity contribution in [3.05, 3.63) is 27.7 Å². The van der Waals surface area contributed by atoms with Gasteiger partial charge in [0.2, 0.25) is 10.0 Å². The van der Waals surface area contributed by atoms with E-state index < -0.39 is 28.2 Å². The average Bonchev–Trinajstić information content (AvgIpc) is 3.25. The van der Waals surface area contributed by atoms with Gasteiger partial charge < -0.3 is 14.5 Å². The van der Waals surface area contributed by atoms with Gasteiger partial charge in [0.25, 0.3) is 0 Å². The number of fused-ring (bicyclic) bond motifs is 1. The number of halogens is 3. The second-order valence-electron chi connectivity index (χ2n) is 6.12. The largest absolute Gasteiger partial charge is 0.492 e. The summed E-state index contributed by atoms with van der Waals surface area (Å²) in [5.74, 6) is -0.222. The molecular weight excluding hydrogens is 533 g/mol. The van der Waals surface area contributed by atoms with Crippen LogP contribution in [0.3, 0.4) is 0 Å². The summed E-state index contributed by atoms with van der Waals surface area (Å²) >= 11 is 3.47. The molecule has 0 radical (unpaired) electrons. The predicted octanol–water partition coefficient (Wildman–Crippen LogP) is 2.73. The van der Waals surface area contributed by atoms with E-state index in [1.165, 1.54) is 18.3 Å². The maximum absolute atomic E-state index is 14.4. The second kappa shape index (κ2) is 8.22. The smallest absolute Gasteiger partial charge is 0.400 e. The van der Waals surface area contributed by atoms with E-state index in [0.29, 0.717) is 22.6 Å². The second-order valence-corrected chi connectivity index (χ2v) is 11.3. The highest BCUT2D eigenvalue weighted by Crippen LogP contribution is 2.63. The highest BCUT2D eigenvalue weighted by atomic mass is 79.9. The number of thiophene rings is 1. The van der Waals surface area contributed by atoms with Gasteiger partial charge >= 0.3 is 13.3 Å². The van der Waals surface area contributed by atoms with E-state index in [9.17, 15) is 21.8 Å². The van der Waals surface area contributed by atoms with E-state index in [-0.39, 0.29) is 39.1 Å². The molecule has 0 unspecified atom stereocenters. The molecule has 5 N–H and O–H groups in total. The van der Waals surface area contributed by atoms with Crippen molar-refractivity contribution in [2.75, 3.05) is 12.4 Å². The molecule has 3 aromatic rings. The third-order valence-electron chi connectivity index (χ3n) is 3.89. The molecule has 0 fully saturated rings. The molecule has 16 heteroatoms. The number of H-pyrrole nitrogens is 1. The number of rotatable bonds is 8. The van der Waals surface area contributed by atoms with Gasteiger partial charge in [0.1, 0.15) is 10.6 Å². The number of nitrogens with two attached hydrogens (primary N) is 1. The molecule has 0 amide bonds. The molecule has 0 atom stereocenters. The molecule has 0 aliphatic heterocycles. The molecule has 0 aliphatic carbocycles. The number of hydrogen-bond acceptors (Lipinski definition) is 7. The van der Waals surface area contributed by atoms with Crippen LogP contribution in [0, 0.1) is 0 Å². The van der Waals surface area contributed by atoms with Crippen molar-refractivity contribution in [1.82, 2.24) is 15.4 Å². The van der Waals surface area contributed by atoms with Crippen LogP contribution >= 0.6 is 34.9 Å². The standard InChI is InChI=1S/C14H14BrF2N4O6PS2/c15-11-8-4-7(9-6-19-21-20-9)5-10(27-2-1-3-30(18,25)26)12(8)29-13(11)14(16,17)28(22,23)24/h4-6H,1-3H2,(H2,18,25,26)(H,19,20,21)(H2,22,23,24). The van der Waals surface area contributed by atoms with Gasteiger partial charge in [-0.3, -0.25) is 9.66 Å². The van der Waals surface area contributed by atoms with Gasteiger partial charge in [-0.2, -0.15) is 8.78 Å². The fourth-order valence-electron chi connectivity index (χ4n) is 2.51. The lowest BCUT2D eigenvalue weighted by Crippen LogP contribution is -2.18. The lowest BCUT2D eigenvalue weighted by atomic mass is 10.1. The molecule has 0 bridgehead atoms. The van der Waals surface area contributed by atoms with Crippen LogP contribution in [0.4, 0.5) is 8.78 Å². The van der Waals surface area contributed by atoms with Crippen LogP contribution in [-0.4, -0.2) is 46.0 Å². The number of aromatic nitrogens is 3. The minimum atomic E-state index is -5.79. The van der Waals surface area contributed by atoms with E-state index in [1.54, 1.807) is 0 Å². The summed E-state index contributed by atoms with van der Waals surface area (Å²) < 4.78 is 67.8. The lowest BCUT2D eigenvalue weighted by Gasteiger charge is -2.16. The Morgan fingerprint density at radius 2 is 2.07 bits per heavy atom. The zero-order chi connectivity index (χ0) is 22.3. The summed E-state index contributed by atoms with van der Waals surface area (Å²) in [5.41, 5.74) is -3.53. The summed E-state index contributed by atoms with van der Waals surface area (Å²) in [6.45, 7) is -0.0874. The molecule has 0 saturated carbocycles. The molecule has 2 aromatic heterocycles. The van der Waals surface area contributed by atoms with E-state index in [2.05, 4.69) is 31.3 Å². The van der Waals surface area contributed by atoms with Crippen LogP contribution in [0.1, 0.15) is 11.3 Å². The van der Waals surface area contributed by atoms with Crippen LogP contribution in [0.5, 0.6) is 5.75 Å². The summed E-state index contributed by atoms with van der Waals surface area (Å²) in [6, 6.07) is 3.00. The Balaban J connectivity index is 2.10. The Kier molecular flexibility index (Phi) is 6.35. The molecule has 30 heavy (non-hydrogen) atoms. The fourth-order valence-corrected chi connectivity index (χ4v) is 6.00. The molecular formula is C14H14BrF2N4O6PS2. The minimum absolute atomic E-state index is 0.0498. The number of nitrogens with zero attached hydrogens (tertiary/aromatic N) is 2. The van der Waals surface area contributed by atoms with Gasteiger partial charge in [0.15, 0.2) is 0 Å². The number of ether oxygens (including phenoxy) is 1. The first-order chi connectivity index (χ1) is 13.8. The van der Waals surface area contributed by atoms with Crippen molar-refractivity contribution in [1.29, 1.82) is 0 Å².